The molecule has 0 aliphatic carbocycles. The molecule has 0 unspecified atom stereocenters. The molecule has 2 aromatic heterocycles. The molecule has 2 amide bonds. The Labute approximate surface area is 180 Å². The van der Waals surface area contributed by atoms with Crippen LogP contribution in [0.25, 0.3) is 22.5 Å². The first-order valence-corrected chi connectivity index (χ1v) is 10.6. The largest absolute Gasteiger partial charge is 0.450 e. The number of amides is 2. The molecule has 4 rings (SSSR count). The maximum absolute atomic E-state index is 13.1. The Morgan fingerprint density at radius 3 is 2.48 bits per heavy atom. The lowest BCUT2D eigenvalue weighted by Crippen LogP contribution is -2.51. The monoisotopic (exact) mass is 425 g/mol. The molecule has 3 heterocycles. The van der Waals surface area contributed by atoms with Crippen LogP contribution in [0.4, 0.5) is 4.79 Å². The normalized spacial score (nSPS) is 14.5. The summed E-state index contributed by atoms with van der Waals surface area (Å²) in [6.45, 7) is 8.14. The van der Waals surface area contributed by atoms with Crippen LogP contribution in [0, 0.1) is 0 Å². The lowest BCUT2D eigenvalue weighted by atomic mass is 10.2. The summed E-state index contributed by atoms with van der Waals surface area (Å²) >= 11 is 0. The number of benzene rings is 1. The van der Waals surface area contributed by atoms with Crippen molar-refractivity contribution in [2.45, 2.75) is 33.2 Å². The zero-order valence-corrected chi connectivity index (χ0v) is 18.1. The summed E-state index contributed by atoms with van der Waals surface area (Å²) in [5, 5.41) is 9.35. The van der Waals surface area contributed by atoms with Crippen LogP contribution in [0.5, 0.6) is 0 Å². The predicted octanol–water partition coefficient (Wildman–Crippen LogP) is 3.12. The summed E-state index contributed by atoms with van der Waals surface area (Å²) in [4.78, 5) is 28.4. The Morgan fingerprint density at radius 2 is 1.81 bits per heavy atom. The van der Waals surface area contributed by atoms with Crippen LogP contribution in [0.2, 0.25) is 0 Å². The molecule has 0 N–H and O–H groups in total. The number of nitrogens with zero attached hydrogens (tertiary/aromatic N) is 5. The summed E-state index contributed by atoms with van der Waals surface area (Å²) in [7, 11) is 0. The van der Waals surface area contributed by atoms with Crippen LogP contribution >= 0.6 is 0 Å². The summed E-state index contributed by atoms with van der Waals surface area (Å²) in [6.07, 6.45) is -0.328. The fourth-order valence-corrected chi connectivity index (χ4v) is 3.72. The SMILES string of the molecule is CCOC(=O)N1CCN(C(=O)Cn2c(-c3nnc(C(C)C)o3)cc3ccccc32)CC1. The maximum atomic E-state index is 13.1. The topological polar surface area (TPSA) is 93.7 Å². The quantitative estimate of drug-likeness (QED) is 0.624. The number of hydrogen-bond donors (Lipinski definition) is 0. The van der Waals surface area contributed by atoms with Gasteiger partial charge in [-0.3, -0.25) is 4.79 Å². The molecule has 1 saturated heterocycles. The number of rotatable bonds is 5. The molecule has 0 bridgehead atoms. The van der Waals surface area contributed by atoms with Gasteiger partial charge in [0.05, 0.1) is 6.61 Å². The number of aromatic nitrogens is 3. The number of carbonyl (C=O) groups is 2. The van der Waals surface area contributed by atoms with Crippen molar-refractivity contribution in [3.05, 3.63) is 36.2 Å². The number of piperazine rings is 1. The molecule has 0 radical (unpaired) electrons. The van der Waals surface area contributed by atoms with E-state index in [-0.39, 0.29) is 24.5 Å². The minimum absolute atomic E-state index is 0.0188. The third-order valence-corrected chi connectivity index (χ3v) is 5.42. The van der Waals surface area contributed by atoms with Gasteiger partial charge < -0.3 is 23.5 Å². The van der Waals surface area contributed by atoms with Crippen molar-refractivity contribution >= 4 is 22.9 Å². The molecule has 31 heavy (non-hydrogen) atoms. The molecule has 0 atom stereocenters. The molecular weight excluding hydrogens is 398 g/mol. The van der Waals surface area contributed by atoms with Gasteiger partial charge in [-0.25, -0.2) is 4.79 Å². The second-order valence-corrected chi connectivity index (χ2v) is 7.84. The maximum Gasteiger partial charge on any atom is 0.409 e. The summed E-state index contributed by atoms with van der Waals surface area (Å²) in [5.41, 5.74) is 1.65. The number of para-hydroxylation sites is 1. The van der Waals surface area contributed by atoms with Crippen molar-refractivity contribution in [2.75, 3.05) is 32.8 Å². The van der Waals surface area contributed by atoms with Crippen LogP contribution < -0.4 is 0 Å². The Kier molecular flexibility index (Phi) is 5.92. The van der Waals surface area contributed by atoms with E-state index in [1.807, 2.05) is 48.7 Å². The molecule has 0 saturated carbocycles. The van der Waals surface area contributed by atoms with Crippen molar-refractivity contribution in [2.24, 2.45) is 0 Å². The second kappa shape index (κ2) is 8.79. The van der Waals surface area contributed by atoms with Gasteiger partial charge >= 0.3 is 6.09 Å². The van der Waals surface area contributed by atoms with E-state index in [0.717, 1.165) is 16.6 Å². The molecule has 1 aliphatic rings. The fraction of sp³-hybridized carbons (Fsp3) is 0.455. The lowest BCUT2D eigenvalue weighted by Gasteiger charge is -2.34. The van der Waals surface area contributed by atoms with E-state index in [4.69, 9.17) is 9.15 Å². The van der Waals surface area contributed by atoms with Gasteiger partial charge in [0.15, 0.2) is 0 Å². The van der Waals surface area contributed by atoms with E-state index < -0.39 is 0 Å². The van der Waals surface area contributed by atoms with Crippen molar-refractivity contribution in [3.8, 4) is 11.6 Å². The molecule has 9 heteroatoms. The van der Waals surface area contributed by atoms with E-state index in [0.29, 0.717) is 44.6 Å². The van der Waals surface area contributed by atoms with E-state index >= 15 is 0 Å². The van der Waals surface area contributed by atoms with Gasteiger partial charge in [-0.1, -0.05) is 32.0 Å². The molecule has 3 aromatic rings. The Balaban J connectivity index is 1.55. The van der Waals surface area contributed by atoms with E-state index in [2.05, 4.69) is 10.2 Å². The van der Waals surface area contributed by atoms with Crippen molar-refractivity contribution in [1.82, 2.24) is 24.6 Å². The zero-order valence-electron chi connectivity index (χ0n) is 18.1. The Hall–Kier alpha value is -3.36. The Morgan fingerprint density at radius 1 is 1.10 bits per heavy atom. The average molecular weight is 425 g/mol. The van der Waals surface area contributed by atoms with Gasteiger partial charge in [0.25, 0.3) is 5.89 Å². The van der Waals surface area contributed by atoms with Crippen LogP contribution in [0.3, 0.4) is 0 Å². The van der Waals surface area contributed by atoms with Crippen molar-refractivity contribution < 1.29 is 18.7 Å². The molecule has 9 nitrogen and oxygen atoms in total. The summed E-state index contributed by atoms with van der Waals surface area (Å²) in [5.74, 6) is 1.07. The average Bonchev–Trinajstić information content (AvgIpc) is 3.39. The highest BCUT2D eigenvalue weighted by Crippen LogP contribution is 2.29. The molecule has 1 fully saturated rings. The van der Waals surface area contributed by atoms with Gasteiger partial charge in [0.1, 0.15) is 12.2 Å². The lowest BCUT2D eigenvalue weighted by molar-refractivity contribution is -0.133. The van der Waals surface area contributed by atoms with E-state index in [1.54, 1.807) is 16.7 Å². The summed E-state index contributed by atoms with van der Waals surface area (Å²) < 4.78 is 12.8. The Bertz CT molecular complexity index is 1080. The number of fused-ring (bicyclic) bond motifs is 1. The molecule has 1 aromatic carbocycles. The van der Waals surface area contributed by atoms with Gasteiger partial charge in [0.2, 0.25) is 11.8 Å². The van der Waals surface area contributed by atoms with Crippen LogP contribution in [0.15, 0.2) is 34.7 Å². The number of carbonyl (C=O) groups excluding carboxylic acids is 2. The second-order valence-electron chi connectivity index (χ2n) is 7.84. The zero-order chi connectivity index (χ0) is 22.0. The molecule has 164 valence electrons. The molecule has 1 aliphatic heterocycles. The van der Waals surface area contributed by atoms with Crippen LogP contribution in [-0.4, -0.2) is 69.4 Å². The third kappa shape index (κ3) is 4.26. The van der Waals surface area contributed by atoms with Gasteiger partial charge in [-0.15, -0.1) is 10.2 Å². The first-order chi connectivity index (χ1) is 15.0. The molecular formula is C22H27N5O4. The van der Waals surface area contributed by atoms with Crippen LogP contribution in [0.1, 0.15) is 32.6 Å². The van der Waals surface area contributed by atoms with Crippen molar-refractivity contribution in [1.29, 1.82) is 0 Å². The fourth-order valence-electron chi connectivity index (χ4n) is 3.72. The van der Waals surface area contributed by atoms with Crippen LogP contribution in [-0.2, 0) is 16.1 Å². The molecule has 0 spiro atoms. The van der Waals surface area contributed by atoms with Gasteiger partial charge in [-0.2, -0.15) is 0 Å². The highest BCUT2D eigenvalue weighted by molar-refractivity contribution is 5.88. The number of hydrogen-bond acceptors (Lipinski definition) is 6. The van der Waals surface area contributed by atoms with Crippen molar-refractivity contribution in [3.63, 3.8) is 0 Å². The standard InChI is InChI=1S/C22H27N5O4/c1-4-30-22(29)26-11-9-25(10-12-26)19(28)14-27-17-8-6-5-7-16(17)13-18(27)21-24-23-20(31-21)15(2)3/h5-8,13,15H,4,9-12,14H2,1-3H3. The smallest absolute Gasteiger partial charge is 0.409 e. The third-order valence-electron chi connectivity index (χ3n) is 5.42. The van der Waals surface area contributed by atoms with E-state index in [1.165, 1.54) is 0 Å². The first-order valence-electron chi connectivity index (χ1n) is 10.6. The minimum atomic E-state index is -0.328. The first kappa shape index (κ1) is 20.9. The summed E-state index contributed by atoms with van der Waals surface area (Å²) in [6, 6.07) is 9.85. The number of ether oxygens (including phenoxy) is 1. The minimum Gasteiger partial charge on any atom is -0.450 e. The predicted molar refractivity (Wildman–Crippen MR) is 114 cm³/mol. The highest BCUT2D eigenvalue weighted by atomic mass is 16.6. The van der Waals surface area contributed by atoms with Gasteiger partial charge in [0, 0.05) is 43.0 Å². The van der Waals surface area contributed by atoms with E-state index in [9.17, 15) is 9.59 Å². The van der Waals surface area contributed by atoms with Gasteiger partial charge in [-0.05, 0) is 19.1 Å². The highest BCUT2D eigenvalue weighted by Gasteiger charge is 2.26.